The summed E-state index contributed by atoms with van der Waals surface area (Å²) in [7, 11) is 0. The Morgan fingerprint density at radius 2 is 2.24 bits per heavy atom. The largest absolute Gasteiger partial charge is 0.338 e. The second-order valence-electron chi connectivity index (χ2n) is 5.16. The second kappa shape index (κ2) is 5.00. The van der Waals surface area contributed by atoms with Crippen LogP contribution in [0.25, 0.3) is 0 Å². The Morgan fingerprint density at radius 1 is 1.47 bits per heavy atom. The van der Waals surface area contributed by atoms with Crippen molar-refractivity contribution >= 4 is 5.95 Å². The highest BCUT2D eigenvalue weighted by Gasteiger charge is 2.24. The first kappa shape index (κ1) is 12.3. The molecule has 1 fully saturated rings. The summed E-state index contributed by atoms with van der Waals surface area (Å²) >= 11 is 0. The molecule has 0 aliphatic carbocycles. The molecule has 2 rings (SSSR count). The van der Waals surface area contributed by atoms with Gasteiger partial charge in [0.1, 0.15) is 0 Å². The maximum Gasteiger partial charge on any atom is 0.225 e. The van der Waals surface area contributed by atoms with Gasteiger partial charge in [0.2, 0.25) is 5.95 Å². The Hall–Kier alpha value is -1.16. The number of hydrogen-bond donors (Lipinski definition) is 1. The molecule has 0 spiro atoms. The molecular formula is C13H22N4. The highest BCUT2D eigenvalue weighted by molar-refractivity contribution is 5.34. The van der Waals surface area contributed by atoms with Gasteiger partial charge in [-0.15, -0.1) is 0 Å². The van der Waals surface area contributed by atoms with E-state index >= 15 is 0 Å². The van der Waals surface area contributed by atoms with Crippen molar-refractivity contribution in [2.24, 2.45) is 11.7 Å². The minimum absolute atomic E-state index is 0.513. The van der Waals surface area contributed by atoms with Crippen LogP contribution >= 0.6 is 0 Å². The molecule has 1 saturated heterocycles. The maximum absolute atomic E-state index is 5.63. The molecule has 1 aliphatic rings. The zero-order valence-corrected chi connectivity index (χ0v) is 11.0. The third kappa shape index (κ3) is 2.57. The molecule has 2 heterocycles. The number of aromatic nitrogens is 2. The van der Waals surface area contributed by atoms with Gasteiger partial charge >= 0.3 is 0 Å². The van der Waals surface area contributed by atoms with E-state index in [-0.39, 0.29) is 0 Å². The second-order valence-corrected chi connectivity index (χ2v) is 5.16. The minimum atomic E-state index is 0.513. The van der Waals surface area contributed by atoms with E-state index in [9.17, 15) is 0 Å². The van der Waals surface area contributed by atoms with Crippen molar-refractivity contribution in [1.82, 2.24) is 9.97 Å². The predicted molar refractivity (Wildman–Crippen MR) is 69.9 cm³/mol. The van der Waals surface area contributed by atoms with E-state index in [0.717, 1.165) is 29.7 Å². The van der Waals surface area contributed by atoms with E-state index in [1.807, 2.05) is 13.1 Å². The van der Waals surface area contributed by atoms with Crippen molar-refractivity contribution in [1.29, 1.82) is 0 Å². The molecule has 0 amide bonds. The smallest absolute Gasteiger partial charge is 0.225 e. The number of anilines is 1. The first-order valence-electron chi connectivity index (χ1n) is 6.41. The van der Waals surface area contributed by atoms with E-state index in [2.05, 4.69) is 28.7 Å². The van der Waals surface area contributed by atoms with Crippen LogP contribution in [0.2, 0.25) is 0 Å². The number of aryl methyl sites for hydroxylation is 1. The van der Waals surface area contributed by atoms with Crippen molar-refractivity contribution in [3.8, 4) is 0 Å². The summed E-state index contributed by atoms with van der Waals surface area (Å²) in [5.74, 6) is 1.67. The van der Waals surface area contributed by atoms with Crippen LogP contribution in [0.4, 0.5) is 5.95 Å². The van der Waals surface area contributed by atoms with E-state index in [1.165, 1.54) is 12.8 Å². The summed E-state index contributed by atoms with van der Waals surface area (Å²) in [6, 6.07) is 0.530. The summed E-state index contributed by atoms with van der Waals surface area (Å²) < 4.78 is 0. The average Bonchev–Trinajstić information content (AvgIpc) is 2.29. The molecule has 17 heavy (non-hydrogen) atoms. The highest BCUT2D eigenvalue weighted by Crippen LogP contribution is 2.25. The SMILES string of the molecule is Cc1nc(N2CCC(C)CC2C)ncc1CN. The van der Waals surface area contributed by atoms with Crippen LogP contribution < -0.4 is 10.6 Å². The molecule has 0 bridgehead atoms. The van der Waals surface area contributed by atoms with Gasteiger partial charge in [-0.2, -0.15) is 0 Å². The summed E-state index contributed by atoms with van der Waals surface area (Å²) in [6.45, 7) is 8.15. The van der Waals surface area contributed by atoms with Gasteiger partial charge in [-0.25, -0.2) is 9.97 Å². The third-order valence-electron chi connectivity index (χ3n) is 3.68. The molecule has 94 valence electrons. The van der Waals surface area contributed by atoms with Crippen LogP contribution in [0.5, 0.6) is 0 Å². The first-order chi connectivity index (χ1) is 8.11. The van der Waals surface area contributed by atoms with E-state index in [4.69, 9.17) is 5.73 Å². The van der Waals surface area contributed by atoms with Gasteiger partial charge in [0, 0.05) is 36.6 Å². The molecule has 1 aromatic rings. The lowest BCUT2D eigenvalue weighted by Crippen LogP contribution is -2.41. The highest BCUT2D eigenvalue weighted by atomic mass is 15.3. The lowest BCUT2D eigenvalue weighted by Gasteiger charge is -2.36. The zero-order chi connectivity index (χ0) is 12.4. The predicted octanol–water partition coefficient (Wildman–Crippen LogP) is 1.87. The van der Waals surface area contributed by atoms with Gasteiger partial charge < -0.3 is 10.6 Å². The molecule has 2 N–H and O–H groups in total. The average molecular weight is 234 g/mol. The van der Waals surface area contributed by atoms with Crippen LogP contribution in [0, 0.1) is 12.8 Å². The van der Waals surface area contributed by atoms with Gasteiger partial charge in [-0.3, -0.25) is 0 Å². The fourth-order valence-corrected chi connectivity index (χ4v) is 2.52. The van der Waals surface area contributed by atoms with Crippen molar-refractivity contribution < 1.29 is 0 Å². The Balaban J connectivity index is 2.19. The van der Waals surface area contributed by atoms with Crippen LogP contribution in [-0.4, -0.2) is 22.6 Å². The van der Waals surface area contributed by atoms with Crippen molar-refractivity contribution in [3.05, 3.63) is 17.5 Å². The first-order valence-corrected chi connectivity index (χ1v) is 6.41. The Morgan fingerprint density at radius 3 is 2.82 bits per heavy atom. The monoisotopic (exact) mass is 234 g/mol. The third-order valence-corrected chi connectivity index (χ3v) is 3.68. The lowest BCUT2D eigenvalue weighted by molar-refractivity contribution is 0.373. The van der Waals surface area contributed by atoms with Crippen molar-refractivity contribution in [2.75, 3.05) is 11.4 Å². The van der Waals surface area contributed by atoms with Crippen LogP contribution in [-0.2, 0) is 6.54 Å². The van der Waals surface area contributed by atoms with Crippen LogP contribution in [0.1, 0.15) is 37.9 Å². The molecule has 4 nitrogen and oxygen atoms in total. The molecule has 0 radical (unpaired) electrons. The van der Waals surface area contributed by atoms with Gasteiger partial charge in [0.05, 0.1) is 0 Å². The molecule has 1 aromatic heterocycles. The normalized spacial score (nSPS) is 25.1. The van der Waals surface area contributed by atoms with Gasteiger partial charge in [0.25, 0.3) is 0 Å². The number of nitrogens with two attached hydrogens (primary N) is 1. The summed E-state index contributed by atoms with van der Waals surface area (Å²) in [4.78, 5) is 11.3. The standard InChI is InChI=1S/C13H22N4/c1-9-4-5-17(10(2)6-9)13-15-8-12(7-14)11(3)16-13/h8-10H,4-7,14H2,1-3H3. The molecule has 2 atom stereocenters. The molecular weight excluding hydrogens is 212 g/mol. The molecule has 0 aromatic carbocycles. The summed E-state index contributed by atoms with van der Waals surface area (Å²) in [6.07, 6.45) is 4.31. The fourth-order valence-electron chi connectivity index (χ4n) is 2.52. The number of nitrogens with zero attached hydrogens (tertiary/aromatic N) is 3. The van der Waals surface area contributed by atoms with Crippen molar-refractivity contribution in [3.63, 3.8) is 0 Å². The van der Waals surface area contributed by atoms with Gasteiger partial charge in [0.15, 0.2) is 0 Å². The number of hydrogen-bond acceptors (Lipinski definition) is 4. The fraction of sp³-hybridized carbons (Fsp3) is 0.692. The minimum Gasteiger partial charge on any atom is -0.338 e. The number of rotatable bonds is 2. The van der Waals surface area contributed by atoms with Gasteiger partial charge in [-0.1, -0.05) is 6.92 Å². The van der Waals surface area contributed by atoms with E-state index in [1.54, 1.807) is 0 Å². The van der Waals surface area contributed by atoms with Crippen LogP contribution in [0.15, 0.2) is 6.20 Å². The Labute approximate surface area is 103 Å². The van der Waals surface area contributed by atoms with Crippen molar-refractivity contribution in [2.45, 2.75) is 46.2 Å². The van der Waals surface area contributed by atoms with E-state index in [0.29, 0.717) is 12.6 Å². The summed E-state index contributed by atoms with van der Waals surface area (Å²) in [5.41, 5.74) is 7.67. The quantitative estimate of drug-likeness (QED) is 0.848. The topological polar surface area (TPSA) is 55.0 Å². The van der Waals surface area contributed by atoms with Gasteiger partial charge in [-0.05, 0) is 32.6 Å². The summed E-state index contributed by atoms with van der Waals surface area (Å²) in [5, 5.41) is 0. The molecule has 4 heteroatoms. The molecule has 0 saturated carbocycles. The maximum atomic E-state index is 5.63. The Bertz CT molecular complexity index is 391. The molecule has 2 unspecified atom stereocenters. The lowest BCUT2D eigenvalue weighted by atomic mass is 9.94. The zero-order valence-electron chi connectivity index (χ0n) is 11.0. The van der Waals surface area contributed by atoms with E-state index < -0.39 is 0 Å². The number of piperidine rings is 1. The Kier molecular flexibility index (Phi) is 3.62. The van der Waals surface area contributed by atoms with Crippen LogP contribution in [0.3, 0.4) is 0 Å². The molecule has 1 aliphatic heterocycles.